The highest BCUT2D eigenvalue weighted by Gasteiger charge is 2.20. The Balaban J connectivity index is 1.41. The quantitative estimate of drug-likeness (QED) is 0.497. The van der Waals surface area contributed by atoms with E-state index in [9.17, 15) is 9.59 Å². The Kier molecular flexibility index (Phi) is 5.55. The number of hydrogen-bond acceptors (Lipinski definition) is 6. The van der Waals surface area contributed by atoms with Crippen molar-refractivity contribution in [3.05, 3.63) is 55.9 Å². The van der Waals surface area contributed by atoms with E-state index >= 15 is 0 Å². The lowest BCUT2D eigenvalue weighted by Crippen LogP contribution is -2.15. The van der Waals surface area contributed by atoms with Crippen LogP contribution in [0.15, 0.2) is 27.9 Å². The molecule has 0 radical (unpaired) electrons. The number of aromatic amines is 1. The highest BCUT2D eigenvalue weighted by atomic mass is 32.2. The van der Waals surface area contributed by atoms with E-state index in [1.165, 1.54) is 28.6 Å². The number of nitrogens with one attached hydrogen (secondary N) is 1. The number of H-pyrrole nitrogens is 1. The second kappa shape index (κ2) is 8.09. The van der Waals surface area contributed by atoms with E-state index in [1.54, 1.807) is 11.3 Å². The van der Waals surface area contributed by atoms with Crippen LogP contribution < -0.4 is 5.56 Å². The molecule has 28 heavy (non-hydrogen) atoms. The van der Waals surface area contributed by atoms with Crippen LogP contribution in [0.5, 0.6) is 0 Å². The van der Waals surface area contributed by atoms with E-state index in [-0.39, 0.29) is 23.9 Å². The van der Waals surface area contributed by atoms with Crippen LogP contribution in [-0.4, -0.2) is 21.7 Å². The van der Waals surface area contributed by atoms with Gasteiger partial charge in [-0.25, -0.2) is 4.98 Å². The van der Waals surface area contributed by atoms with Gasteiger partial charge in [-0.2, -0.15) is 0 Å². The molecule has 1 aromatic carbocycles. The monoisotopic (exact) mass is 414 g/mol. The fraction of sp³-hybridized carbons (Fsp3) is 0.381. The molecule has 0 saturated heterocycles. The van der Waals surface area contributed by atoms with Crippen LogP contribution in [-0.2, 0) is 29.0 Å². The predicted octanol–water partition coefficient (Wildman–Crippen LogP) is 4.32. The largest absolute Gasteiger partial charge is 0.457 e. The fourth-order valence-corrected chi connectivity index (χ4v) is 5.65. The minimum atomic E-state index is -0.321. The topological polar surface area (TPSA) is 72.0 Å². The van der Waals surface area contributed by atoms with Crippen molar-refractivity contribution >= 4 is 39.3 Å². The number of hydrogen-bond donors (Lipinski definition) is 1. The average molecular weight is 415 g/mol. The van der Waals surface area contributed by atoms with Crippen LogP contribution >= 0.6 is 23.1 Å². The molecule has 0 aliphatic heterocycles. The third-order valence-corrected chi connectivity index (χ3v) is 7.25. The lowest BCUT2D eigenvalue weighted by molar-refractivity contribution is -0.141. The number of benzene rings is 1. The van der Waals surface area contributed by atoms with Crippen LogP contribution in [0.25, 0.3) is 10.2 Å². The molecule has 146 valence electrons. The lowest BCUT2D eigenvalue weighted by atomic mass is 9.97. The molecule has 0 atom stereocenters. The van der Waals surface area contributed by atoms with E-state index in [0.29, 0.717) is 5.82 Å². The smallest absolute Gasteiger partial charge is 0.316 e. The number of carbonyl (C=O) groups is 1. The first-order valence-corrected chi connectivity index (χ1v) is 11.2. The molecule has 0 fully saturated rings. The number of thioether (sulfide) groups is 1. The summed E-state index contributed by atoms with van der Waals surface area (Å²) >= 11 is 3.05. The standard InChI is InChI=1S/C21H22N2O3S2/c1-12-7-8-15(13(2)9-12)27-11-18(24)26-10-17-22-20(25)19-14-5-3-4-6-16(14)28-21(19)23-17/h7-9H,3-6,10-11H2,1-2H3,(H,22,23,25). The second-order valence-electron chi connectivity index (χ2n) is 7.12. The normalized spacial score (nSPS) is 13.5. The Morgan fingerprint density at radius 3 is 2.93 bits per heavy atom. The summed E-state index contributed by atoms with van der Waals surface area (Å²) < 4.78 is 5.33. The van der Waals surface area contributed by atoms with Crippen molar-refractivity contribution in [2.45, 2.75) is 51.0 Å². The molecule has 2 aromatic heterocycles. The number of aromatic nitrogens is 2. The molecule has 0 bridgehead atoms. The summed E-state index contributed by atoms with van der Waals surface area (Å²) in [5.41, 5.74) is 3.38. The van der Waals surface area contributed by atoms with Crippen molar-refractivity contribution in [1.29, 1.82) is 0 Å². The average Bonchev–Trinajstić information content (AvgIpc) is 3.04. The predicted molar refractivity (Wildman–Crippen MR) is 113 cm³/mol. The Morgan fingerprint density at radius 2 is 2.11 bits per heavy atom. The Morgan fingerprint density at radius 1 is 1.29 bits per heavy atom. The van der Waals surface area contributed by atoms with Crippen LogP contribution in [0, 0.1) is 13.8 Å². The third-order valence-electron chi connectivity index (χ3n) is 4.92. The van der Waals surface area contributed by atoms with Crippen molar-refractivity contribution < 1.29 is 9.53 Å². The van der Waals surface area contributed by atoms with Gasteiger partial charge in [0.25, 0.3) is 5.56 Å². The Hall–Kier alpha value is -2.12. The maximum absolute atomic E-state index is 12.5. The summed E-state index contributed by atoms with van der Waals surface area (Å²) in [7, 11) is 0. The first-order chi connectivity index (χ1) is 13.5. The minimum Gasteiger partial charge on any atom is -0.457 e. The lowest BCUT2D eigenvalue weighted by Gasteiger charge is -2.09. The SMILES string of the molecule is Cc1ccc(SCC(=O)OCc2nc3sc4c(c3c(=O)[nH]2)CCCC4)c(C)c1. The summed E-state index contributed by atoms with van der Waals surface area (Å²) in [6.45, 7) is 4.06. The van der Waals surface area contributed by atoms with Crippen LogP contribution in [0.2, 0.25) is 0 Å². The molecular formula is C21H22N2O3S2. The Bertz CT molecular complexity index is 1100. The summed E-state index contributed by atoms with van der Waals surface area (Å²) in [5.74, 6) is 0.308. The third kappa shape index (κ3) is 4.00. The molecule has 5 nitrogen and oxygen atoms in total. The summed E-state index contributed by atoms with van der Waals surface area (Å²) in [5, 5.41) is 0.722. The van der Waals surface area contributed by atoms with E-state index in [1.807, 2.05) is 26.0 Å². The van der Waals surface area contributed by atoms with Gasteiger partial charge in [-0.3, -0.25) is 9.59 Å². The molecule has 3 aromatic rings. The van der Waals surface area contributed by atoms with Crippen molar-refractivity contribution in [2.75, 3.05) is 5.75 Å². The summed E-state index contributed by atoms with van der Waals surface area (Å²) in [6.07, 6.45) is 4.26. The zero-order valence-electron chi connectivity index (χ0n) is 16.0. The molecule has 0 unspecified atom stereocenters. The number of nitrogens with zero attached hydrogens (tertiary/aromatic N) is 1. The number of ether oxygens (including phenoxy) is 1. The van der Waals surface area contributed by atoms with Crippen molar-refractivity contribution in [1.82, 2.24) is 9.97 Å². The van der Waals surface area contributed by atoms with Gasteiger partial charge < -0.3 is 9.72 Å². The molecule has 4 rings (SSSR count). The van der Waals surface area contributed by atoms with E-state index in [4.69, 9.17) is 4.74 Å². The zero-order chi connectivity index (χ0) is 19.7. The number of thiophene rings is 1. The molecule has 1 N–H and O–H groups in total. The van der Waals surface area contributed by atoms with Crippen molar-refractivity contribution in [2.24, 2.45) is 0 Å². The molecule has 0 saturated carbocycles. The maximum atomic E-state index is 12.5. The van der Waals surface area contributed by atoms with Crippen molar-refractivity contribution in [3.8, 4) is 0 Å². The molecule has 2 heterocycles. The fourth-order valence-electron chi connectivity index (χ4n) is 3.57. The van der Waals surface area contributed by atoms with Gasteiger partial charge in [0, 0.05) is 9.77 Å². The van der Waals surface area contributed by atoms with Gasteiger partial charge in [-0.1, -0.05) is 17.7 Å². The van der Waals surface area contributed by atoms with Crippen LogP contribution in [0.1, 0.15) is 40.2 Å². The molecule has 1 aliphatic carbocycles. The number of rotatable bonds is 5. The van der Waals surface area contributed by atoms with Crippen LogP contribution in [0.3, 0.4) is 0 Å². The van der Waals surface area contributed by atoms with E-state index < -0.39 is 0 Å². The molecule has 1 aliphatic rings. The Labute approximate surface area is 171 Å². The number of aryl methyl sites for hydroxylation is 4. The summed E-state index contributed by atoms with van der Waals surface area (Å²) in [4.78, 5) is 35.1. The zero-order valence-corrected chi connectivity index (χ0v) is 17.6. The van der Waals surface area contributed by atoms with E-state index in [0.717, 1.165) is 45.5 Å². The first-order valence-electron chi connectivity index (χ1n) is 9.40. The van der Waals surface area contributed by atoms with Gasteiger partial charge in [-0.05, 0) is 56.7 Å². The van der Waals surface area contributed by atoms with Crippen LogP contribution in [0.4, 0.5) is 0 Å². The molecule has 0 amide bonds. The highest BCUT2D eigenvalue weighted by molar-refractivity contribution is 8.00. The minimum absolute atomic E-state index is 0.0139. The van der Waals surface area contributed by atoms with E-state index in [2.05, 4.69) is 16.0 Å². The number of fused-ring (bicyclic) bond motifs is 3. The van der Waals surface area contributed by atoms with Gasteiger partial charge in [-0.15, -0.1) is 23.1 Å². The summed E-state index contributed by atoms with van der Waals surface area (Å²) in [6, 6.07) is 6.15. The molecule has 7 heteroatoms. The van der Waals surface area contributed by atoms with Gasteiger partial charge in [0.2, 0.25) is 0 Å². The van der Waals surface area contributed by atoms with Gasteiger partial charge >= 0.3 is 5.97 Å². The molecular weight excluding hydrogens is 392 g/mol. The number of esters is 1. The first kappa shape index (κ1) is 19.2. The second-order valence-corrected chi connectivity index (χ2v) is 9.22. The van der Waals surface area contributed by atoms with Gasteiger partial charge in [0.15, 0.2) is 0 Å². The van der Waals surface area contributed by atoms with Gasteiger partial charge in [0.05, 0.1) is 11.1 Å². The van der Waals surface area contributed by atoms with Crippen molar-refractivity contribution in [3.63, 3.8) is 0 Å². The number of carbonyl (C=O) groups excluding carboxylic acids is 1. The highest BCUT2D eigenvalue weighted by Crippen LogP contribution is 2.33. The molecule has 0 spiro atoms. The maximum Gasteiger partial charge on any atom is 0.316 e. The van der Waals surface area contributed by atoms with Gasteiger partial charge in [0.1, 0.15) is 17.3 Å².